The highest BCUT2D eigenvalue weighted by atomic mass is 127. The van der Waals surface area contributed by atoms with E-state index in [0.29, 0.717) is 43.0 Å². The van der Waals surface area contributed by atoms with Gasteiger partial charge in [-0.1, -0.05) is 23.2 Å². The highest BCUT2D eigenvalue weighted by Crippen LogP contribution is 2.67. The summed E-state index contributed by atoms with van der Waals surface area (Å²) in [5.41, 5.74) is 1.13. The normalized spacial score (nSPS) is 30.6. The van der Waals surface area contributed by atoms with Gasteiger partial charge in [0.15, 0.2) is 20.8 Å². The monoisotopic (exact) mass is 547 g/mol. The summed E-state index contributed by atoms with van der Waals surface area (Å²) in [5.74, 6) is 0.461. The predicted octanol–water partition coefficient (Wildman–Crippen LogP) is 2.76. The smallest absolute Gasteiger partial charge is 0.194 e. The lowest BCUT2D eigenvalue weighted by Gasteiger charge is -2.23. The molecule has 4 N–H and O–H groups in total. The van der Waals surface area contributed by atoms with Gasteiger partial charge in [-0.05, 0) is 30.5 Å². The Hall–Kier alpha value is -1.24. The molecule has 0 bridgehead atoms. The summed E-state index contributed by atoms with van der Waals surface area (Å²) < 4.78 is 2.28. The van der Waals surface area contributed by atoms with Gasteiger partial charge in [-0.3, -0.25) is 0 Å². The molecule has 0 unspecified atom stereocenters. The van der Waals surface area contributed by atoms with Gasteiger partial charge in [-0.15, -0.1) is 0 Å². The summed E-state index contributed by atoms with van der Waals surface area (Å²) in [4.78, 5) is 13.4. The predicted molar refractivity (Wildman–Crippen MR) is 116 cm³/mol. The van der Waals surface area contributed by atoms with Crippen LogP contribution in [0, 0.1) is 15.2 Å². The maximum Gasteiger partial charge on any atom is 0.194 e. The molecule has 2 heterocycles. The van der Waals surface area contributed by atoms with Crippen LogP contribution in [-0.4, -0.2) is 53.7 Å². The molecular formula is C18H16Cl2IN5O3. The third kappa shape index (κ3) is 2.94. The van der Waals surface area contributed by atoms with Crippen molar-refractivity contribution in [2.45, 2.75) is 24.7 Å². The minimum absolute atomic E-state index is 0.0333. The van der Waals surface area contributed by atoms with Gasteiger partial charge in [0.1, 0.15) is 6.10 Å². The quantitative estimate of drug-likeness (QED) is 0.293. The molecule has 2 aliphatic rings. The van der Waals surface area contributed by atoms with Gasteiger partial charge < -0.3 is 25.2 Å². The van der Waals surface area contributed by atoms with Crippen LogP contribution in [0.1, 0.15) is 12.5 Å². The molecule has 2 fully saturated rings. The number of hydrogen-bond acceptors (Lipinski definition) is 7. The number of halogens is 3. The fourth-order valence-corrected chi connectivity index (χ4v) is 5.22. The number of anilines is 2. The Morgan fingerprint density at radius 3 is 2.72 bits per heavy atom. The minimum Gasteiger partial charge on any atom is -0.396 e. The molecule has 0 spiro atoms. The number of benzene rings is 1. The summed E-state index contributed by atoms with van der Waals surface area (Å²) in [7, 11) is 0. The molecule has 152 valence electrons. The van der Waals surface area contributed by atoms with Crippen molar-refractivity contribution in [1.82, 2.24) is 19.5 Å². The minimum atomic E-state index is -1.00. The number of aliphatic hydroxyl groups excluding tert-OH is 3. The maximum atomic E-state index is 10.6. The first-order chi connectivity index (χ1) is 13.9. The number of imidazole rings is 1. The van der Waals surface area contributed by atoms with Crippen molar-refractivity contribution in [2.75, 3.05) is 11.9 Å². The van der Waals surface area contributed by atoms with Gasteiger partial charge in [0.2, 0.25) is 0 Å². The van der Waals surface area contributed by atoms with Gasteiger partial charge in [-0.2, -0.15) is 0 Å². The Balaban J connectivity index is 1.56. The average Bonchev–Trinajstić information content (AvgIpc) is 3.21. The molecule has 1 aromatic carbocycles. The molecule has 2 aromatic heterocycles. The van der Waals surface area contributed by atoms with Crippen LogP contribution in [0.5, 0.6) is 0 Å². The molecule has 0 radical (unpaired) electrons. The number of nitrogens with zero attached hydrogens (tertiary/aromatic N) is 4. The maximum absolute atomic E-state index is 10.6. The van der Waals surface area contributed by atoms with Gasteiger partial charge in [0.05, 0.1) is 35.1 Å². The number of rotatable bonds is 4. The zero-order chi connectivity index (χ0) is 20.5. The molecular weight excluding hydrogens is 532 g/mol. The summed E-state index contributed by atoms with van der Waals surface area (Å²) >= 11 is 14.1. The zero-order valence-electron chi connectivity index (χ0n) is 14.8. The van der Waals surface area contributed by atoms with E-state index in [4.69, 9.17) is 23.2 Å². The summed E-state index contributed by atoms with van der Waals surface area (Å²) in [6.45, 7) is -0.157. The van der Waals surface area contributed by atoms with E-state index in [9.17, 15) is 15.3 Å². The van der Waals surface area contributed by atoms with Crippen molar-refractivity contribution >= 4 is 68.5 Å². The number of aliphatic hydroxyl groups is 3. The van der Waals surface area contributed by atoms with E-state index in [1.54, 1.807) is 29.1 Å². The molecule has 5 atom stereocenters. The average molecular weight is 548 g/mol. The number of hydrogen-bond donors (Lipinski definition) is 4. The molecule has 0 saturated heterocycles. The van der Waals surface area contributed by atoms with E-state index in [1.165, 1.54) is 0 Å². The van der Waals surface area contributed by atoms with Crippen LogP contribution in [0.3, 0.4) is 0 Å². The van der Waals surface area contributed by atoms with E-state index in [2.05, 4.69) is 20.3 Å². The Morgan fingerprint density at radius 2 is 2.03 bits per heavy atom. The lowest BCUT2D eigenvalue weighted by molar-refractivity contribution is -0.0300. The highest BCUT2D eigenvalue weighted by molar-refractivity contribution is 14.1. The molecule has 8 nitrogen and oxygen atoms in total. The van der Waals surface area contributed by atoms with Crippen LogP contribution in [-0.2, 0) is 0 Å². The van der Waals surface area contributed by atoms with Gasteiger partial charge in [-0.25, -0.2) is 15.0 Å². The Kier molecular flexibility index (Phi) is 4.68. The van der Waals surface area contributed by atoms with Crippen molar-refractivity contribution in [2.24, 2.45) is 11.3 Å². The number of fused-ring (bicyclic) bond motifs is 2. The molecule has 2 aliphatic carbocycles. The zero-order valence-corrected chi connectivity index (χ0v) is 18.5. The lowest BCUT2D eigenvalue weighted by Crippen LogP contribution is -2.35. The lowest BCUT2D eigenvalue weighted by atomic mass is 10.0. The Labute approximate surface area is 189 Å². The second-order valence-corrected chi connectivity index (χ2v) is 9.33. The molecule has 29 heavy (non-hydrogen) atoms. The van der Waals surface area contributed by atoms with Crippen LogP contribution in [0.4, 0.5) is 11.5 Å². The fraction of sp³-hybridized carbons (Fsp3) is 0.389. The molecule has 0 aliphatic heterocycles. The summed E-state index contributed by atoms with van der Waals surface area (Å²) in [5, 5.41) is 34.8. The summed E-state index contributed by atoms with van der Waals surface area (Å²) in [6.07, 6.45) is 0.275. The van der Waals surface area contributed by atoms with Crippen LogP contribution >= 0.6 is 45.8 Å². The van der Waals surface area contributed by atoms with E-state index in [-0.39, 0.29) is 12.5 Å². The van der Waals surface area contributed by atoms with Crippen molar-refractivity contribution in [3.05, 3.63) is 38.4 Å². The van der Waals surface area contributed by atoms with Crippen molar-refractivity contribution in [3.63, 3.8) is 0 Å². The van der Waals surface area contributed by atoms with Gasteiger partial charge in [0, 0.05) is 33.7 Å². The van der Waals surface area contributed by atoms with Gasteiger partial charge in [0.25, 0.3) is 0 Å². The van der Waals surface area contributed by atoms with E-state index in [0.717, 1.165) is 0 Å². The van der Waals surface area contributed by atoms with Crippen LogP contribution in [0.2, 0.25) is 10.0 Å². The first-order valence-corrected chi connectivity index (χ1v) is 10.8. The topological polar surface area (TPSA) is 116 Å². The SMILES string of the molecule is OC[C@@]12C[C@@H]1[C@@H](n1cnc3c(Nc4ccc(Cl)c(Cl)c4)nc(I)nc31)[C@H](O)[C@@H]2O. The van der Waals surface area contributed by atoms with E-state index < -0.39 is 23.7 Å². The van der Waals surface area contributed by atoms with Crippen molar-refractivity contribution in [3.8, 4) is 0 Å². The standard InChI is InChI=1S/C18H16Cl2IN5O3/c19-9-2-1-7(3-10(9)20)23-15-11-16(25-17(21)24-15)26(6-22-11)12-8-4-18(8,5-27)14(29)13(12)28/h1-3,6,8,12-14,27-29H,4-5H2,(H,23,24,25)/t8-,12-,13+,14+,18+/m1/s1. The Morgan fingerprint density at radius 1 is 1.24 bits per heavy atom. The molecule has 5 rings (SSSR count). The Bertz CT molecular complexity index is 1130. The second kappa shape index (κ2) is 6.89. The van der Waals surface area contributed by atoms with E-state index in [1.807, 2.05) is 22.6 Å². The molecule has 2 saturated carbocycles. The van der Waals surface area contributed by atoms with Gasteiger partial charge >= 0.3 is 0 Å². The second-order valence-electron chi connectivity index (χ2n) is 7.55. The number of aromatic nitrogens is 4. The fourth-order valence-electron chi connectivity index (χ4n) is 4.46. The van der Waals surface area contributed by atoms with Crippen LogP contribution in [0.25, 0.3) is 11.2 Å². The highest BCUT2D eigenvalue weighted by Gasteiger charge is 2.71. The first kappa shape index (κ1) is 19.7. The van der Waals surface area contributed by atoms with Crippen LogP contribution < -0.4 is 5.32 Å². The van der Waals surface area contributed by atoms with Crippen molar-refractivity contribution in [1.29, 1.82) is 0 Å². The molecule has 3 aromatic rings. The molecule has 11 heteroatoms. The largest absolute Gasteiger partial charge is 0.396 e. The third-order valence-electron chi connectivity index (χ3n) is 6.05. The number of nitrogens with one attached hydrogen (secondary N) is 1. The first-order valence-electron chi connectivity index (χ1n) is 8.95. The van der Waals surface area contributed by atoms with Crippen molar-refractivity contribution < 1.29 is 15.3 Å². The van der Waals surface area contributed by atoms with Crippen LogP contribution in [0.15, 0.2) is 24.5 Å². The summed E-state index contributed by atoms with van der Waals surface area (Å²) in [6, 6.07) is 4.75. The third-order valence-corrected chi connectivity index (χ3v) is 7.27. The molecule has 0 amide bonds. The van der Waals surface area contributed by atoms with E-state index >= 15 is 0 Å².